The number of piperidine rings is 1. The molecule has 0 saturated carbocycles. The van der Waals surface area contributed by atoms with Gasteiger partial charge in [-0.1, -0.05) is 28.0 Å². The fourth-order valence-electron chi connectivity index (χ4n) is 3.12. The second-order valence-corrected chi connectivity index (χ2v) is 6.71. The Morgan fingerprint density at radius 3 is 3.04 bits per heavy atom. The van der Waals surface area contributed by atoms with Crippen LogP contribution in [0.15, 0.2) is 35.0 Å². The number of benzene rings is 1. The molecule has 26 heavy (non-hydrogen) atoms. The molecular formula is C17H17ClN6O2. The highest BCUT2D eigenvalue weighted by molar-refractivity contribution is 6.30. The van der Waals surface area contributed by atoms with Crippen molar-refractivity contribution in [3.8, 4) is 11.5 Å². The molecule has 134 valence electrons. The summed E-state index contributed by atoms with van der Waals surface area (Å²) in [5.41, 5.74) is 1.15. The average molecular weight is 373 g/mol. The van der Waals surface area contributed by atoms with Gasteiger partial charge >= 0.3 is 0 Å². The number of rotatable bonds is 3. The monoisotopic (exact) mass is 372 g/mol. The van der Waals surface area contributed by atoms with E-state index in [0.717, 1.165) is 12.8 Å². The quantitative estimate of drug-likeness (QED) is 0.702. The van der Waals surface area contributed by atoms with Gasteiger partial charge in [-0.15, -0.1) is 5.10 Å². The van der Waals surface area contributed by atoms with Crippen LogP contribution in [0.1, 0.15) is 35.1 Å². The molecule has 0 spiro atoms. The molecule has 0 radical (unpaired) electrons. The Kier molecular flexibility index (Phi) is 4.42. The molecule has 9 heteroatoms. The molecule has 1 atom stereocenters. The molecule has 1 saturated heterocycles. The lowest BCUT2D eigenvalue weighted by atomic mass is 10.0. The van der Waals surface area contributed by atoms with Gasteiger partial charge in [0.2, 0.25) is 11.7 Å². The van der Waals surface area contributed by atoms with E-state index >= 15 is 0 Å². The Morgan fingerprint density at radius 2 is 2.27 bits per heavy atom. The standard InChI is InChI=1S/C17H17ClN6O2/c1-11-19-16(21-26-11)15-10-24(22-20-15)14-6-3-7-23(9-14)17(25)12-4-2-5-13(18)8-12/h2,4-5,8,10,14H,3,6-7,9H2,1H3. The summed E-state index contributed by atoms with van der Waals surface area (Å²) in [5, 5.41) is 12.7. The van der Waals surface area contributed by atoms with E-state index in [2.05, 4.69) is 20.5 Å². The normalized spacial score (nSPS) is 17.5. The lowest BCUT2D eigenvalue weighted by molar-refractivity contribution is 0.0672. The van der Waals surface area contributed by atoms with Crippen LogP contribution < -0.4 is 0 Å². The van der Waals surface area contributed by atoms with Gasteiger partial charge in [0, 0.05) is 30.6 Å². The van der Waals surface area contributed by atoms with Gasteiger partial charge in [-0.3, -0.25) is 4.79 Å². The minimum Gasteiger partial charge on any atom is -0.339 e. The highest BCUT2D eigenvalue weighted by atomic mass is 35.5. The van der Waals surface area contributed by atoms with Crippen molar-refractivity contribution < 1.29 is 9.32 Å². The van der Waals surface area contributed by atoms with Crippen molar-refractivity contribution in [2.75, 3.05) is 13.1 Å². The largest absolute Gasteiger partial charge is 0.339 e. The Bertz CT molecular complexity index is 937. The molecule has 3 aromatic rings. The Balaban J connectivity index is 1.50. The fourth-order valence-corrected chi connectivity index (χ4v) is 3.31. The summed E-state index contributed by atoms with van der Waals surface area (Å²) in [6.07, 6.45) is 3.61. The molecule has 1 aliphatic rings. The number of nitrogens with zero attached hydrogens (tertiary/aromatic N) is 6. The van der Waals surface area contributed by atoms with E-state index in [-0.39, 0.29) is 11.9 Å². The van der Waals surface area contributed by atoms with Crippen LogP contribution in [0, 0.1) is 6.92 Å². The van der Waals surface area contributed by atoms with Crippen molar-refractivity contribution in [3.63, 3.8) is 0 Å². The van der Waals surface area contributed by atoms with E-state index in [1.807, 2.05) is 4.90 Å². The highest BCUT2D eigenvalue weighted by Gasteiger charge is 2.27. The lowest BCUT2D eigenvalue weighted by Gasteiger charge is -2.32. The van der Waals surface area contributed by atoms with E-state index < -0.39 is 0 Å². The first-order valence-electron chi connectivity index (χ1n) is 8.37. The van der Waals surface area contributed by atoms with Crippen LogP contribution in [0.5, 0.6) is 0 Å². The molecule has 1 aromatic carbocycles. The van der Waals surface area contributed by atoms with E-state index in [1.165, 1.54) is 0 Å². The molecule has 4 rings (SSSR count). The van der Waals surface area contributed by atoms with E-state index in [0.29, 0.717) is 41.1 Å². The summed E-state index contributed by atoms with van der Waals surface area (Å²) in [7, 11) is 0. The molecule has 1 aliphatic heterocycles. The van der Waals surface area contributed by atoms with Gasteiger partial charge in [0.05, 0.1) is 12.2 Å². The second-order valence-electron chi connectivity index (χ2n) is 6.28. The minimum atomic E-state index is -0.0219. The lowest BCUT2D eigenvalue weighted by Crippen LogP contribution is -2.40. The summed E-state index contributed by atoms with van der Waals surface area (Å²) < 4.78 is 6.76. The average Bonchev–Trinajstić information content (AvgIpc) is 3.30. The Labute approximate surface area is 154 Å². The van der Waals surface area contributed by atoms with Crippen molar-refractivity contribution >= 4 is 17.5 Å². The number of carbonyl (C=O) groups is 1. The van der Waals surface area contributed by atoms with Gasteiger partial charge in [-0.05, 0) is 31.0 Å². The van der Waals surface area contributed by atoms with Crippen molar-refractivity contribution in [1.82, 2.24) is 30.0 Å². The number of carbonyl (C=O) groups excluding carboxylic acids is 1. The van der Waals surface area contributed by atoms with Crippen LogP contribution in [0.3, 0.4) is 0 Å². The predicted octanol–water partition coefficient (Wildman–Crippen LogP) is 2.77. The highest BCUT2D eigenvalue weighted by Crippen LogP contribution is 2.24. The minimum absolute atomic E-state index is 0.0219. The van der Waals surface area contributed by atoms with Crippen LogP contribution in [-0.4, -0.2) is 49.0 Å². The van der Waals surface area contributed by atoms with Gasteiger partial charge in [-0.2, -0.15) is 4.98 Å². The molecular weight excluding hydrogens is 356 g/mol. The van der Waals surface area contributed by atoms with Crippen LogP contribution in [-0.2, 0) is 0 Å². The van der Waals surface area contributed by atoms with Crippen molar-refractivity contribution in [2.24, 2.45) is 0 Å². The molecule has 1 unspecified atom stereocenters. The number of aromatic nitrogens is 5. The first-order valence-corrected chi connectivity index (χ1v) is 8.75. The zero-order chi connectivity index (χ0) is 18.1. The number of likely N-dealkylation sites (tertiary alicyclic amines) is 1. The van der Waals surface area contributed by atoms with Crippen LogP contribution >= 0.6 is 11.6 Å². The predicted molar refractivity (Wildman–Crippen MR) is 93.7 cm³/mol. The Hall–Kier alpha value is -2.74. The molecule has 8 nitrogen and oxygen atoms in total. The van der Waals surface area contributed by atoms with E-state index in [4.69, 9.17) is 16.1 Å². The topological polar surface area (TPSA) is 89.9 Å². The van der Waals surface area contributed by atoms with E-state index in [9.17, 15) is 4.79 Å². The summed E-state index contributed by atoms with van der Waals surface area (Å²) in [6, 6.07) is 7.08. The maximum absolute atomic E-state index is 12.7. The smallest absolute Gasteiger partial charge is 0.253 e. The summed E-state index contributed by atoms with van der Waals surface area (Å²) in [6.45, 7) is 3.01. The summed E-state index contributed by atoms with van der Waals surface area (Å²) >= 11 is 6.00. The summed E-state index contributed by atoms with van der Waals surface area (Å²) in [5.74, 6) is 0.869. The zero-order valence-electron chi connectivity index (χ0n) is 14.2. The van der Waals surface area contributed by atoms with Crippen LogP contribution in [0.2, 0.25) is 5.02 Å². The second kappa shape index (κ2) is 6.87. The zero-order valence-corrected chi connectivity index (χ0v) is 14.9. The van der Waals surface area contributed by atoms with Crippen LogP contribution in [0.4, 0.5) is 0 Å². The number of amides is 1. The Morgan fingerprint density at radius 1 is 1.38 bits per heavy atom. The molecule has 0 N–H and O–H groups in total. The molecule has 1 amide bonds. The third-order valence-electron chi connectivity index (χ3n) is 4.40. The van der Waals surface area contributed by atoms with Gasteiger partial charge in [0.25, 0.3) is 5.91 Å². The first-order chi connectivity index (χ1) is 12.6. The third kappa shape index (κ3) is 3.32. The van der Waals surface area contributed by atoms with Crippen molar-refractivity contribution in [2.45, 2.75) is 25.8 Å². The number of hydrogen-bond donors (Lipinski definition) is 0. The molecule has 1 fully saturated rings. The first kappa shape index (κ1) is 16.7. The molecule has 0 bridgehead atoms. The van der Waals surface area contributed by atoms with Gasteiger partial charge in [0.15, 0.2) is 5.69 Å². The third-order valence-corrected chi connectivity index (χ3v) is 4.63. The van der Waals surface area contributed by atoms with Gasteiger partial charge in [-0.25, -0.2) is 4.68 Å². The van der Waals surface area contributed by atoms with Gasteiger partial charge < -0.3 is 9.42 Å². The number of hydrogen-bond acceptors (Lipinski definition) is 6. The number of halogens is 1. The maximum atomic E-state index is 12.7. The molecule has 0 aliphatic carbocycles. The molecule has 2 aromatic heterocycles. The maximum Gasteiger partial charge on any atom is 0.253 e. The van der Waals surface area contributed by atoms with Crippen molar-refractivity contribution in [3.05, 3.63) is 46.9 Å². The number of aryl methyl sites for hydroxylation is 1. The van der Waals surface area contributed by atoms with E-state index in [1.54, 1.807) is 42.1 Å². The summed E-state index contributed by atoms with van der Waals surface area (Å²) in [4.78, 5) is 18.7. The molecule has 3 heterocycles. The van der Waals surface area contributed by atoms with Crippen LogP contribution in [0.25, 0.3) is 11.5 Å². The SMILES string of the molecule is Cc1nc(-c2cn(C3CCCN(C(=O)c4cccc(Cl)c4)C3)nn2)no1. The fraction of sp³-hybridized carbons (Fsp3) is 0.353. The van der Waals surface area contributed by atoms with Crippen molar-refractivity contribution in [1.29, 1.82) is 0 Å². The van der Waals surface area contributed by atoms with Gasteiger partial charge in [0.1, 0.15) is 0 Å².